The first-order valence-corrected chi connectivity index (χ1v) is 8.13. The average molecular weight is 407 g/mol. The molecule has 2 rings (SSSR count). The van der Waals surface area contributed by atoms with E-state index in [0.717, 1.165) is 12.1 Å². The minimum Gasteiger partial charge on any atom is -0.493 e. The van der Waals surface area contributed by atoms with Crippen molar-refractivity contribution >= 4 is 23.7 Å². The first-order chi connectivity index (χ1) is 18.0. The lowest BCUT2D eigenvalue weighted by Gasteiger charge is -2.07. The molecule has 0 atom stereocenters. The van der Waals surface area contributed by atoms with E-state index < -0.39 is 56.3 Å². The Morgan fingerprint density at radius 1 is 0.793 bits per heavy atom. The van der Waals surface area contributed by atoms with E-state index in [1.165, 1.54) is 38.5 Å². The van der Waals surface area contributed by atoms with E-state index in [0.29, 0.717) is 0 Å². The number of methoxy groups -OCH3 is 4. The first-order valence-electron chi connectivity index (χ1n) is 13.1. The van der Waals surface area contributed by atoms with Gasteiger partial charge in [-0.15, -0.1) is 0 Å². The van der Waals surface area contributed by atoms with Gasteiger partial charge in [-0.25, -0.2) is 0 Å². The van der Waals surface area contributed by atoms with E-state index in [-0.39, 0.29) is 34.1 Å². The summed E-state index contributed by atoms with van der Waals surface area (Å²) in [4.78, 5) is 25.1. The Balaban J connectivity index is 2.32. The molecule has 0 amide bonds. The molecule has 0 aliphatic rings. The van der Waals surface area contributed by atoms with Crippen LogP contribution in [-0.2, 0) is 9.59 Å². The van der Waals surface area contributed by atoms with Crippen LogP contribution in [0.3, 0.4) is 0 Å². The molecule has 0 aliphatic carbocycles. The molecule has 152 valence electrons. The van der Waals surface area contributed by atoms with E-state index in [1.807, 2.05) is 0 Å². The number of rotatable bonds is 10. The molecule has 0 heterocycles. The Bertz CT molecular complexity index is 1210. The Labute approximate surface area is 184 Å². The van der Waals surface area contributed by atoms with Crippen molar-refractivity contribution in [1.29, 1.82) is 0 Å². The van der Waals surface area contributed by atoms with Crippen molar-refractivity contribution in [3.05, 3.63) is 59.6 Å². The van der Waals surface area contributed by atoms with Crippen LogP contribution in [0, 0.1) is 0 Å². The molecule has 29 heavy (non-hydrogen) atoms. The predicted octanol–water partition coefficient (Wildman–Crippen LogP) is 3.98. The van der Waals surface area contributed by atoms with E-state index in [4.69, 9.17) is 32.7 Å². The summed E-state index contributed by atoms with van der Waals surface area (Å²) in [7, 11) is -3.14. The number of ketones is 2. The fraction of sp³-hybridized carbons (Fsp3) is 0.217. The summed E-state index contributed by atoms with van der Waals surface area (Å²) in [6.07, 6.45) is -1.01. The van der Waals surface area contributed by atoms with Gasteiger partial charge in [0.05, 0.1) is 48.4 Å². The van der Waals surface area contributed by atoms with Gasteiger partial charge in [-0.05, 0) is 47.5 Å². The molecule has 0 saturated carbocycles. The summed E-state index contributed by atoms with van der Waals surface area (Å²) in [6, 6.07) is 4.25. The van der Waals surface area contributed by atoms with Crippen molar-refractivity contribution < 1.29 is 42.2 Å². The molecule has 0 spiro atoms. The van der Waals surface area contributed by atoms with Gasteiger partial charge in [-0.1, -0.05) is 24.2 Å². The fourth-order valence-corrected chi connectivity index (χ4v) is 2.19. The predicted molar refractivity (Wildman–Crippen MR) is 112 cm³/mol. The van der Waals surface area contributed by atoms with Gasteiger partial charge in [-0.2, -0.15) is 0 Å². The van der Waals surface area contributed by atoms with Crippen LogP contribution in [0.1, 0.15) is 31.3 Å². The maximum Gasteiger partial charge on any atom is 0.163 e. The van der Waals surface area contributed by atoms with Gasteiger partial charge < -0.3 is 18.9 Å². The number of carbonyl (C=O) groups is 2. The monoisotopic (exact) mass is 406 g/mol. The van der Waals surface area contributed by atoms with Crippen LogP contribution in [-0.4, -0.2) is 39.9 Å². The van der Waals surface area contributed by atoms with Crippen LogP contribution in [0.15, 0.2) is 48.5 Å². The van der Waals surface area contributed by atoms with Gasteiger partial charge in [0.2, 0.25) is 0 Å². The first kappa shape index (κ1) is 11.5. The van der Waals surface area contributed by atoms with E-state index in [9.17, 15) is 9.59 Å². The van der Waals surface area contributed by atoms with Crippen LogP contribution in [0.25, 0.3) is 12.1 Å². The summed E-state index contributed by atoms with van der Waals surface area (Å²) < 4.78 is 95.6. The Kier molecular flexibility index (Phi) is 4.23. The van der Waals surface area contributed by atoms with Crippen molar-refractivity contribution in [3.8, 4) is 23.0 Å². The summed E-state index contributed by atoms with van der Waals surface area (Å²) in [5.74, 6) is -2.70. The van der Waals surface area contributed by atoms with Gasteiger partial charge in [0, 0.05) is 0 Å². The van der Waals surface area contributed by atoms with Gasteiger partial charge in [0.15, 0.2) is 34.6 Å². The zero-order chi connectivity index (χ0) is 29.7. The van der Waals surface area contributed by atoms with Crippen molar-refractivity contribution in [2.45, 2.75) is 6.42 Å². The summed E-state index contributed by atoms with van der Waals surface area (Å²) in [6.45, 7) is 0. The average Bonchev–Trinajstić information content (AvgIpc) is 2.84. The van der Waals surface area contributed by atoms with Gasteiger partial charge in [0.25, 0.3) is 0 Å². The molecule has 0 unspecified atom stereocenters. The van der Waals surface area contributed by atoms with Crippen LogP contribution in [0.4, 0.5) is 0 Å². The lowest BCUT2D eigenvalue weighted by Crippen LogP contribution is -2.02. The molecule has 0 aromatic heterocycles. The standard InChI is InChI=1S/C23H24O6/c1-26-20-11-7-16(13-22(20)28-3)5-9-18(24)15-19(25)10-6-17-8-12-21(27-2)23(14-17)29-4/h5-14H,15H2,1-4H3/b9-5+,10-6+/i3D3,4D3,5D,6D,9D,10D. The minimum absolute atomic E-state index is 0.0358. The van der Waals surface area contributed by atoms with E-state index >= 15 is 0 Å². The van der Waals surface area contributed by atoms with Gasteiger partial charge in [-0.3, -0.25) is 9.59 Å². The van der Waals surface area contributed by atoms with Crippen LogP contribution in [0.2, 0.25) is 0 Å². The molecule has 6 heteroatoms. The van der Waals surface area contributed by atoms with Crippen molar-refractivity contribution in [1.82, 2.24) is 0 Å². The molecule has 6 nitrogen and oxygen atoms in total. The Morgan fingerprint density at radius 3 is 1.62 bits per heavy atom. The summed E-state index contributed by atoms with van der Waals surface area (Å²) in [5, 5.41) is 0. The Hall–Kier alpha value is -3.54. The van der Waals surface area contributed by atoms with Crippen LogP contribution < -0.4 is 18.9 Å². The summed E-state index contributed by atoms with van der Waals surface area (Å²) >= 11 is 0. The lowest BCUT2D eigenvalue weighted by atomic mass is 10.1. The number of carbonyl (C=O) groups excluding carboxylic acids is 2. The third-order valence-corrected chi connectivity index (χ3v) is 3.56. The molecule has 0 saturated heterocycles. The third kappa shape index (κ3) is 6.24. The molecular weight excluding hydrogens is 372 g/mol. The quantitative estimate of drug-likeness (QED) is 0.439. The molecule has 0 radical (unpaired) electrons. The molecule has 0 fully saturated rings. The second kappa shape index (κ2) is 10.7. The zero-order valence-electron chi connectivity index (χ0n) is 25.6. The highest BCUT2D eigenvalue weighted by Gasteiger charge is 2.07. The number of hydrogen-bond donors (Lipinski definition) is 0. The molecule has 0 aliphatic heterocycles. The molecular formula is C23H24O6. The maximum absolute atomic E-state index is 12.6. The highest BCUT2D eigenvalue weighted by molar-refractivity contribution is 6.10. The highest BCUT2D eigenvalue weighted by atomic mass is 16.5. The van der Waals surface area contributed by atoms with Gasteiger partial charge in [0.1, 0.15) is 0 Å². The van der Waals surface area contributed by atoms with Gasteiger partial charge >= 0.3 is 0 Å². The van der Waals surface area contributed by atoms with E-state index in [1.54, 1.807) is 0 Å². The number of ether oxygens (including phenoxy) is 4. The smallest absolute Gasteiger partial charge is 0.163 e. The zero-order valence-corrected chi connectivity index (χ0v) is 15.6. The summed E-state index contributed by atoms with van der Waals surface area (Å²) in [5.41, 5.74) is -0.132. The van der Waals surface area contributed by atoms with Crippen LogP contribution >= 0.6 is 0 Å². The molecule has 2 aromatic carbocycles. The molecule has 0 bridgehead atoms. The fourth-order valence-electron chi connectivity index (χ4n) is 2.19. The SMILES string of the molecule is [2H]/C(C(=O)CC(=O)/C([2H])=C(\[2H])c1ccc(OC)c(OC([2H])([2H])[2H])c1)=C(/[2H])c1ccc(OC)c(OC([2H])([2H])[2H])c1. The third-order valence-electron chi connectivity index (χ3n) is 3.56. The van der Waals surface area contributed by atoms with Crippen LogP contribution in [0.5, 0.6) is 23.0 Å². The normalized spacial score (nSPS) is 18.1. The lowest BCUT2D eigenvalue weighted by molar-refractivity contribution is -0.121. The van der Waals surface area contributed by atoms with Crippen molar-refractivity contribution in [2.24, 2.45) is 0 Å². The molecule has 0 N–H and O–H groups in total. The molecule has 2 aromatic rings. The number of hydrogen-bond acceptors (Lipinski definition) is 6. The number of allylic oxidation sites excluding steroid dienone is 2. The number of benzene rings is 2. The topological polar surface area (TPSA) is 71.1 Å². The largest absolute Gasteiger partial charge is 0.493 e. The maximum atomic E-state index is 12.6. The van der Waals surface area contributed by atoms with Crippen molar-refractivity contribution in [3.63, 3.8) is 0 Å². The highest BCUT2D eigenvalue weighted by Crippen LogP contribution is 2.28. The van der Waals surface area contributed by atoms with Crippen molar-refractivity contribution in [2.75, 3.05) is 28.3 Å². The minimum atomic E-state index is -2.84. The van der Waals surface area contributed by atoms with E-state index in [2.05, 4.69) is 0 Å². The second-order valence-corrected chi connectivity index (χ2v) is 5.46. The Morgan fingerprint density at radius 2 is 1.24 bits per heavy atom. The second-order valence-electron chi connectivity index (χ2n) is 5.46.